The molecule has 1 amide bonds. The van der Waals surface area contributed by atoms with Crippen LogP contribution < -0.4 is 10.2 Å². The van der Waals surface area contributed by atoms with E-state index in [2.05, 4.69) is 20.2 Å². The molecule has 30 heavy (non-hydrogen) atoms. The lowest BCUT2D eigenvalue weighted by Crippen LogP contribution is -2.47. The number of nitrogens with one attached hydrogen (secondary N) is 1. The summed E-state index contributed by atoms with van der Waals surface area (Å²) in [5.41, 5.74) is 2.13. The van der Waals surface area contributed by atoms with Gasteiger partial charge in [-0.15, -0.1) is 0 Å². The number of hydrogen-bond acceptors (Lipinski definition) is 7. The molecule has 0 atom stereocenters. The first-order chi connectivity index (χ1) is 14.3. The van der Waals surface area contributed by atoms with Gasteiger partial charge in [0.25, 0.3) is 0 Å². The fourth-order valence-electron chi connectivity index (χ4n) is 4.25. The van der Waals surface area contributed by atoms with E-state index in [1.807, 2.05) is 13.0 Å². The van der Waals surface area contributed by atoms with Crippen molar-refractivity contribution in [3.8, 4) is 11.3 Å². The molecule has 2 aromatic heterocycles. The average molecular weight is 412 g/mol. The lowest BCUT2D eigenvalue weighted by Gasteiger charge is -2.39. The third-order valence-electron chi connectivity index (χ3n) is 6.03. The SMILES string of the molecule is CO[C@H]1CC[C@H](N2CC(=O)Nc3ncc(-c4cnc(C(C)(C)O)cc4C)nc32)CC1. The Balaban J connectivity index is 1.67. The van der Waals surface area contributed by atoms with Gasteiger partial charge < -0.3 is 20.1 Å². The van der Waals surface area contributed by atoms with Crippen LogP contribution in [-0.4, -0.2) is 51.8 Å². The molecule has 1 fully saturated rings. The molecule has 0 radical (unpaired) electrons. The summed E-state index contributed by atoms with van der Waals surface area (Å²) >= 11 is 0. The van der Waals surface area contributed by atoms with Crippen molar-refractivity contribution < 1.29 is 14.6 Å². The summed E-state index contributed by atoms with van der Waals surface area (Å²) in [5.74, 6) is 1.15. The Kier molecular flexibility index (Phi) is 5.46. The highest BCUT2D eigenvalue weighted by Crippen LogP contribution is 2.35. The number of ether oxygens (including phenoxy) is 1. The summed E-state index contributed by atoms with van der Waals surface area (Å²) in [7, 11) is 1.76. The van der Waals surface area contributed by atoms with Crippen LogP contribution in [-0.2, 0) is 15.1 Å². The van der Waals surface area contributed by atoms with Crippen molar-refractivity contribution in [3.05, 3.63) is 29.7 Å². The van der Waals surface area contributed by atoms with E-state index in [1.54, 1.807) is 33.4 Å². The first-order valence-electron chi connectivity index (χ1n) is 10.4. The second-order valence-corrected chi connectivity index (χ2v) is 8.71. The number of amides is 1. The van der Waals surface area contributed by atoms with Crippen LogP contribution in [0.1, 0.15) is 50.8 Å². The quantitative estimate of drug-likeness (QED) is 0.798. The number of carbonyl (C=O) groups is 1. The van der Waals surface area contributed by atoms with Gasteiger partial charge in [0, 0.05) is 24.9 Å². The molecule has 0 aromatic carbocycles. The number of hydrogen-bond donors (Lipinski definition) is 2. The standard InChI is InChI=1S/C22H29N5O3/c1-13-9-18(22(2,3)29)23-10-16(13)17-11-24-20-21(25-17)27(12-19(28)26-20)14-5-7-15(30-4)8-6-14/h9-11,14-15,29H,5-8,12H2,1-4H3,(H,24,26,28)/t14-,15-. The van der Waals surface area contributed by atoms with Crippen LogP contribution in [0.25, 0.3) is 11.3 Å². The van der Waals surface area contributed by atoms with E-state index in [0.717, 1.165) is 36.8 Å². The monoisotopic (exact) mass is 411 g/mol. The van der Waals surface area contributed by atoms with Crippen LogP contribution in [0, 0.1) is 6.92 Å². The van der Waals surface area contributed by atoms with Crippen molar-refractivity contribution in [2.45, 2.75) is 64.2 Å². The van der Waals surface area contributed by atoms with Crippen LogP contribution in [0.5, 0.6) is 0 Å². The van der Waals surface area contributed by atoms with Crippen molar-refractivity contribution >= 4 is 17.5 Å². The Morgan fingerprint density at radius 2 is 1.93 bits per heavy atom. The van der Waals surface area contributed by atoms with Crippen molar-refractivity contribution in [1.29, 1.82) is 0 Å². The molecule has 1 aliphatic heterocycles. The lowest BCUT2D eigenvalue weighted by atomic mass is 9.91. The Bertz CT molecular complexity index is 948. The van der Waals surface area contributed by atoms with Gasteiger partial charge in [-0.25, -0.2) is 9.97 Å². The van der Waals surface area contributed by atoms with E-state index >= 15 is 0 Å². The third-order valence-corrected chi connectivity index (χ3v) is 6.03. The highest BCUT2D eigenvalue weighted by Gasteiger charge is 2.33. The molecule has 2 aromatic rings. The van der Waals surface area contributed by atoms with E-state index in [-0.39, 0.29) is 18.5 Å². The van der Waals surface area contributed by atoms with Gasteiger partial charge in [-0.1, -0.05) is 0 Å². The fraction of sp³-hybridized carbons (Fsp3) is 0.545. The van der Waals surface area contributed by atoms with E-state index in [0.29, 0.717) is 29.1 Å². The predicted molar refractivity (Wildman–Crippen MR) is 114 cm³/mol. The van der Waals surface area contributed by atoms with Crippen LogP contribution in [0.15, 0.2) is 18.5 Å². The Morgan fingerprint density at radius 1 is 1.20 bits per heavy atom. The van der Waals surface area contributed by atoms with E-state index in [4.69, 9.17) is 9.72 Å². The molecule has 2 aliphatic rings. The summed E-state index contributed by atoms with van der Waals surface area (Å²) in [6, 6.07) is 2.12. The molecular formula is C22H29N5O3. The normalized spacial score (nSPS) is 21.9. The maximum atomic E-state index is 12.3. The van der Waals surface area contributed by atoms with Crippen LogP contribution in [0.4, 0.5) is 11.6 Å². The largest absolute Gasteiger partial charge is 0.384 e. The molecule has 0 spiro atoms. The number of aliphatic hydroxyl groups is 1. The number of rotatable bonds is 4. The van der Waals surface area contributed by atoms with Gasteiger partial charge in [0.05, 0.1) is 30.2 Å². The zero-order valence-electron chi connectivity index (χ0n) is 18.0. The predicted octanol–water partition coefficient (Wildman–Crippen LogP) is 2.79. The summed E-state index contributed by atoms with van der Waals surface area (Å²) in [4.78, 5) is 28.1. The second kappa shape index (κ2) is 7.92. The van der Waals surface area contributed by atoms with E-state index in [9.17, 15) is 9.90 Å². The van der Waals surface area contributed by atoms with Gasteiger partial charge in [0.1, 0.15) is 5.60 Å². The number of nitrogens with zero attached hydrogens (tertiary/aromatic N) is 4. The van der Waals surface area contributed by atoms with Gasteiger partial charge in [-0.2, -0.15) is 0 Å². The molecule has 0 saturated heterocycles. The fourth-order valence-corrected chi connectivity index (χ4v) is 4.25. The molecule has 8 heteroatoms. The molecule has 160 valence electrons. The average Bonchev–Trinajstić information content (AvgIpc) is 2.72. The zero-order valence-corrected chi connectivity index (χ0v) is 18.0. The highest BCUT2D eigenvalue weighted by molar-refractivity contribution is 5.99. The molecule has 2 N–H and O–H groups in total. The minimum Gasteiger partial charge on any atom is -0.384 e. The minimum atomic E-state index is -1.01. The summed E-state index contributed by atoms with van der Waals surface area (Å²) in [5, 5.41) is 13.1. The number of pyridine rings is 1. The third kappa shape index (κ3) is 4.02. The first-order valence-corrected chi connectivity index (χ1v) is 10.4. The molecule has 1 saturated carbocycles. The minimum absolute atomic E-state index is 0.0641. The van der Waals surface area contributed by atoms with Crippen molar-refractivity contribution in [3.63, 3.8) is 0 Å². The number of carbonyl (C=O) groups excluding carboxylic acids is 1. The number of aryl methyl sites for hydroxylation is 1. The Morgan fingerprint density at radius 3 is 2.57 bits per heavy atom. The van der Waals surface area contributed by atoms with E-state index in [1.165, 1.54) is 0 Å². The van der Waals surface area contributed by atoms with Gasteiger partial charge in [0.15, 0.2) is 11.6 Å². The van der Waals surface area contributed by atoms with Crippen LogP contribution in [0.3, 0.4) is 0 Å². The number of fused-ring (bicyclic) bond motifs is 1. The molecule has 0 bridgehead atoms. The van der Waals surface area contributed by atoms with E-state index < -0.39 is 5.60 Å². The van der Waals surface area contributed by atoms with Gasteiger partial charge in [-0.05, 0) is 58.1 Å². The maximum Gasteiger partial charge on any atom is 0.245 e. The number of anilines is 2. The molecule has 0 unspecified atom stereocenters. The van der Waals surface area contributed by atoms with Gasteiger partial charge in [0.2, 0.25) is 5.91 Å². The maximum absolute atomic E-state index is 12.3. The summed E-state index contributed by atoms with van der Waals surface area (Å²) < 4.78 is 5.49. The Hall–Kier alpha value is -2.58. The topological polar surface area (TPSA) is 100 Å². The zero-order chi connectivity index (χ0) is 21.5. The molecular weight excluding hydrogens is 382 g/mol. The number of aromatic nitrogens is 3. The lowest BCUT2D eigenvalue weighted by molar-refractivity contribution is -0.115. The molecule has 3 heterocycles. The van der Waals surface area contributed by atoms with Gasteiger partial charge in [-0.3, -0.25) is 9.78 Å². The van der Waals surface area contributed by atoms with Crippen molar-refractivity contribution in [2.24, 2.45) is 0 Å². The molecule has 8 nitrogen and oxygen atoms in total. The Labute approximate surface area is 176 Å². The summed E-state index contributed by atoms with van der Waals surface area (Å²) in [6.07, 6.45) is 7.55. The van der Waals surface area contributed by atoms with Crippen LogP contribution >= 0.6 is 0 Å². The van der Waals surface area contributed by atoms with Crippen molar-refractivity contribution in [2.75, 3.05) is 23.9 Å². The van der Waals surface area contributed by atoms with Crippen LogP contribution in [0.2, 0.25) is 0 Å². The first kappa shape index (κ1) is 20.7. The van der Waals surface area contributed by atoms with Crippen molar-refractivity contribution in [1.82, 2.24) is 15.0 Å². The highest BCUT2D eigenvalue weighted by atomic mass is 16.5. The smallest absolute Gasteiger partial charge is 0.245 e. The molecule has 1 aliphatic carbocycles. The number of methoxy groups -OCH3 is 1. The summed E-state index contributed by atoms with van der Waals surface area (Å²) in [6.45, 7) is 5.68. The van der Waals surface area contributed by atoms with Gasteiger partial charge >= 0.3 is 0 Å². The second-order valence-electron chi connectivity index (χ2n) is 8.71. The molecule has 4 rings (SSSR count).